The summed E-state index contributed by atoms with van der Waals surface area (Å²) in [6.07, 6.45) is 5.26. The van der Waals surface area contributed by atoms with Crippen LogP contribution in [0.1, 0.15) is 42.1 Å². The molecule has 0 unspecified atom stereocenters. The summed E-state index contributed by atoms with van der Waals surface area (Å²) in [5, 5.41) is 18.8. The summed E-state index contributed by atoms with van der Waals surface area (Å²) in [6, 6.07) is 4.39. The lowest BCUT2D eigenvalue weighted by Gasteiger charge is -2.21. The zero-order valence-corrected chi connectivity index (χ0v) is 11.3. The number of rotatable bonds is 3. The highest BCUT2D eigenvalue weighted by molar-refractivity contribution is 7.99. The predicted octanol–water partition coefficient (Wildman–Crippen LogP) is 3.01. The van der Waals surface area contributed by atoms with Crippen LogP contribution in [0.3, 0.4) is 0 Å². The van der Waals surface area contributed by atoms with E-state index < -0.39 is 0 Å². The minimum absolute atomic E-state index is 0.351. The molecular weight excluding hydrogens is 242 g/mol. The molecule has 1 aliphatic rings. The van der Waals surface area contributed by atoms with Gasteiger partial charge in [-0.05, 0) is 43.2 Å². The monoisotopic (exact) mass is 257 g/mol. The first-order chi connectivity index (χ1) is 8.81. The Morgan fingerprint density at radius 3 is 2.56 bits per heavy atom. The predicted molar refractivity (Wildman–Crippen MR) is 71.3 cm³/mol. The van der Waals surface area contributed by atoms with Crippen LogP contribution in [0.2, 0.25) is 0 Å². The van der Waals surface area contributed by atoms with Crippen LogP contribution < -0.4 is 0 Å². The Morgan fingerprint density at radius 2 is 1.94 bits per heavy atom. The van der Waals surface area contributed by atoms with Crippen LogP contribution in [-0.4, -0.2) is 10.7 Å². The normalized spacial score (nSPS) is 13.5. The molecule has 0 atom stereocenters. The molecule has 1 aromatic rings. The lowest BCUT2D eigenvalue weighted by atomic mass is 9.87. The van der Waals surface area contributed by atoms with Gasteiger partial charge in [-0.25, -0.2) is 4.98 Å². The van der Waals surface area contributed by atoms with E-state index in [1.54, 1.807) is 0 Å². The van der Waals surface area contributed by atoms with Gasteiger partial charge >= 0.3 is 0 Å². The number of hydrogen-bond donors (Lipinski definition) is 0. The van der Waals surface area contributed by atoms with Crippen LogP contribution >= 0.6 is 11.8 Å². The standard InChI is InChI=1S/C14H15N3S/c1-2-13-11-6-4-3-5-10(11)12(9-16)14(17-13)18-8-7-15/h2-6,8H2,1H3. The fourth-order valence-electron chi connectivity index (χ4n) is 2.49. The van der Waals surface area contributed by atoms with E-state index in [2.05, 4.69) is 24.0 Å². The summed E-state index contributed by atoms with van der Waals surface area (Å²) in [5.74, 6) is 0.351. The van der Waals surface area contributed by atoms with Gasteiger partial charge in [-0.3, -0.25) is 0 Å². The van der Waals surface area contributed by atoms with Crippen LogP contribution in [0.5, 0.6) is 0 Å². The smallest absolute Gasteiger partial charge is 0.115 e. The lowest BCUT2D eigenvalue weighted by Crippen LogP contribution is -2.12. The number of thioether (sulfide) groups is 1. The number of pyridine rings is 1. The minimum Gasteiger partial charge on any atom is -0.245 e. The van der Waals surface area contributed by atoms with Crippen LogP contribution in [0.25, 0.3) is 0 Å². The van der Waals surface area contributed by atoms with E-state index in [0.717, 1.165) is 36.4 Å². The third-order valence-corrected chi connectivity index (χ3v) is 4.13. The number of nitrogens with zero attached hydrogens (tertiary/aromatic N) is 3. The summed E-state index contributed by atoms with van der Waals surface area (Å²) < 4.78 is 0. The number of hydrogen-bond acceptors (Lipinski definition) is 4. The van der Waals surface area contributed by atoms with E-state index in [9.17, 15) is 5.26 Å². The van der Waals surface area contributed by atoms with Gasteiger partial charge in [-0.1, -0.05) is 18.7 Å². The SMILES string of the molecule is CCc1nc(SCC#N)c(C#N)c2c1CCCC2. The Bertz CT molecular complexity index is 537. The summed E-state index contributed by atoms with van der Waals surface area (Å²) >= 11 is 1.38. The maximum Gasteiger partial charge on any atom is 0.115 e. The van der Waals surface area contributed by atoms with Gasteiger partial charge in [-0.2, -0.15) is 10.5 Å². The van der Waals surface area contributed by atoms with E-state index in [-0.39, 0.29) is 0 Å². The molecule has 0 bridgehead atoms. The molecule has 2 rings (SSSR count). The number of fused-ring (bicyclic) bond motifs is 1. The van der Waals surface area contributed by atoms with Crippen molar-refractivity contribution >= 4 is 11.8 Å². The van der Waals surface area contributed by atoms with Gasteiger partial charge in [0.05, 0.1) is 17.4 Å². The zero-order valence-electron chi connectivity index (χ0n) is 10.5. The van der Waals surface area contributed by atoms with Gasteiger partial charge in [-0.15, -0.1) is 0 Å². The molecule has 1 aliphatic carbocycles. The Morgan fingerprint density at radius 1 is 1.22 bits per heavy atom. The van der Waals surface area contributed by atoms with Gasteiger partial charge in [0.1, 0.15) is 11.1 Å². The first kappa shape index (κ1) is 12.9. The molecule has 3 nitrogen and oxygen atoms in total. The van der Waals surface area contributed by atoms with E-state index in [1.165, 1.54) is 29.3 Å². The molecule has 92 valence electrons. The van der Waals surface area contributed by atoms with Crippen molar-refractivity contribution in [2.45, 2.75) is 44.1 Å². The van der Waals surface area contributed by atoms with Crippen molar-refractivity contribution in [2.75, 3.05) is 5.75 Å². The molecule has 0 saturated heterocycles. The summed E-state index contributed by atoms with van der Waals surface area (Å²) in [6.45, 7) is 2.10. The molecule has 0 N–H and O–H groups in total. The minimum atomic E-state index is 0.351. The first-order valence-electron chi connectivity index (χ1n) is 6.26. The number of nitriles is 2. The first-order valence-corrected chi connectivity index (χ1v) is 7.24. The van der Waals surface area contributed by atoms with Crippen molar-refractivity contribution < 1.29 is 0 Å². The largest absolute Gasteiger partial charge is 0.245 e. The summed E-state index contributed by atoms with van der Waals surface area (Å²) in [4.78, 5) is 4.60. The van der Waals surface area contributed by atoms with Crippen molar-refractivity contribution in [3.05, 3.63) is 22.4 Å². The van der Waals surface area contributed by atoms with E-state index >= 15 is 0 Å². The third-order valence-electron chi connectivity index (χ3n) is 3.29. The van der Waals surface area contributed by atoms with E-state index in [1.807, 2.05) is 0 Å². The van der Waals surface area contributed by atoms with E-state index in [4.69, 9.17) is 5.26 Å². The number of aryl methyl sites for hydroxylation is 1. The van der Waals surface area contributed by atoms with Gasteiger partial charge < -0.3 is 0 Å². The Hall–Kier alpha value is -1.52. The number of aromatic nitrogens is 1. The maximum absolute atomic E-state index is 9.35. The highest BCUT2D eigenvalue weighted by Gasteiger charge is 2.21. The quantitative estimate of drug-likeness (QED) is 0.781. The van der Waals surface area contributed by atoms with Crippen molar-refractivity contribution in [1.29, 1.82) is 10.5 Å². The molecular formula is C14H15N3S. The van der Waals surface area contributed by atoms with Crippen molar-refractivity contribution in [1.82, 2.24) is 4.98 Å². The second-order valence-corrected chi connectivity index (χ2v) is 5.28. The molecule has 1 heterocycles. The Labute approximate surface area is 112 Å². The molecule has 0 fully saturated rings. The lowest BCUT2D eigenvalue weighted by molar-refractivity contribution is 0.664. The van der Waals surface area contributed by atoms with Crippen molar-refractivity contribution in [3.63, 3.8) is 0 Å². The average Bonchev–Trinajstić information content (AvgIpc) is 2.43. The third kappa shape index (κ3) is 2.35. The molecule has 0 amide bonds. The van der Waals surface area contributed by atoms with Gasteiger partial charge in [0.15, 0.2) is 0 Å². The van der Waals surface area contributed by atoms with Crippen LogP contribution in [0, 0.1) is 22.7 Å². The van der Waals surface area contributed by atoms with Gasteiger partial charge in [0.2, 0.25) is 0 Å². The Kier molecular flexibility index (Phi) is 4.23. The highest BCUT2D eigenvalue weighted by Crippen LogP contribution is 2.32. The van der Waals surface area contributed by atoms with Gasteiger partial charge in [0, 0.05) is 5.69 Å². The highest BCUT2D eigenvalue weighted by atomic mass is 32.2. The molecule has 0 radical (unpaired) electrons. The average molecular weight is 257 g/mol. The van der Waals surface area contributed by atoms with Crippen LogP contribution in [0.15, 0.2) is 5.03 Å². The van der Waals surface area contributed by atoms with Crippen molar-refractivity contribution in [2.24, 2.45) is 0 Å². The molecule has 1 aromatic heterocycles. The zero-order chi connectivity index (χ0) is 13.0. The molecule has 0 spiro atoms. The molecule has 0 aliphatic heterocycles. The van der Waals surface area contributed by atoms with E-state index in [0.29, 0.717) is 11.3 Å². The molecule has 0 saturated carbocycles. The molecule has 18 heavy (non-hydrogen) atoms. The molecule has 0 aromatic carbocycles. The maximum atomic E-state index is 9.35. The Balaban J connectivity index is 2.54. The van der Waals surface area contributed by atoms with Gasteiger partial charge in [0.25, 0.3) is 0 Å². The fraction of sp³-hybridized carbons (Fsp3) is 0.500. The second-order valence-electron chi connectivity index (χ2n) is 4.32. The van der Waals surface area contributed by atoms with Crippen molar-refractivity contribution in [3.8, 4) is 12.1 Å². The fourth-order valence-corrected chi connectivity index (χ4v) is 3.18. The summed E-state index contributed by atoms with van der Waals surface area (Å²) in [7, 11) is 0. The molecule has 4 heteroatoms. The van der Waals surface area contributed by atoms with Crippen LogP contribution in [0.4, 0.5) is 0 Å². The van der Waals surface area contributed by atoms with Crippen LogP contribution in [-0.2, 0) is 19.3 Å². The second kappa shape index (κ2) is 5.89. The topological polar surface area (TPSA) is 60.5 Å². The summed E-state index contributed by atoms with van der Waals surface area (Å²) in [5.41, 5.74) is 4.31.